The molecule has 0 N–H and O–H groups in total. The van der Waals surface area contributed by atoms with Gasteiger partial charge in [0.05, 0.1) is 6.10 Å². The Hall–Kier alpha value is -1.78. The zero-order chi connectivity index (χ0) is 16.8. The first-order valence-electron chi connectivity index (χ1n) is 8.44. The molecule has 3 rings (SSSR count). The highest BCUT2D eigenvalue weighted by atomic mass is 19.3. The van der Waals surface area contributed by atoms with E-state index in [0.717, 1.165) is 25.9 Å². The normalized spacial score (nSPS) is 20.3. The minimum Gasteiger partial charge on any atom is -0.371 e. The predicted octanol–water partition coefficient (Wildman–Crippen LogP) is 4.50. The molecule has 128 valence electrons. The standard InChI is InChI=1S/C20H23F2NO/c21-20(22)15-24-19-12-11-18(19)23(13-16-7-3-1-4-8-16)14-17-9-5-2-6-10-17/h1-10,18-20H,11-15H2/t18-,19+/m0/s1. The lowest BCUT2D eigenvalue weighted by molar-refractivity contribution is -0.104. The highest BCUT2D eigenvalue weighted by molar-refractivity contribution is 5.18. The summed E-state index contributed by atoms with van der Waals surface area (Å²) in [4.78, 5) is 2.35. The summed E-state index contributed by atoms with van der Waals surface area (Å²) in [7, 11) is 0. The van der Waals surface area contributed by atoms with E-state index >= 15 is 0 Å². The first-order chi connectivity index (χ1) is 11.7. The Kier molecular flexibility index (Phi) is 5.94. The molecule has 0 aliphatic heterocycles. The molecule has 24 heavy (non-hydrogen) atoms. The second-order valence-electron chi connectivity index (χ2n) is 6.28. The van der Waals surface area contributed by atoms with Crippen molar-refractivity contribution in [3.05, 3.63) is 71.8 Å². The molecule has 2 nitrogen and oxygen atoms in total. The van der Waals surface area contributed by atoms with E-state index in [1.54, 1.807) is 0 Å². The van der Waals surface area contributed by atoms with Crippen LogP contribution in [0.4, 0.5) is 8.78 Å². The quantitative estimate of drug-likeness (QED) is 0.706. The van der Waals surface area contributed by atoms with Crippen LogP contribution in [0.25, 0.3) is 0 Å². The van der Waals surface area contributed by atoms with Crippen molar-refractivity contribution < 1.29 is 13.5 Å². The van der Waals surface area contributed by atoms with Gasteiger partial charge in [0.2, 0.25) is 0 Å². The number of benzene rings is 2. The smallest absolute Gasteiger partial charge is 0.261 e. The van der Waals surface area contributed by atoms with Crippen molar-refractivity contribution in [1.29, 1.82) is 0 Å². The Morgan fingerprint density at radius 1 is 0.875 bits per heavy atom. The average molecular weight is 331 g/mol. The van der Waals surface area contributed by atoms with Gasteiger partial charge in [-0.3, -0.25) is 4.90 Å². The van der Waals surface area contributed by atoms with Crippen LogP contribution in [0.5, 0.6) is 0 Å². The molecule has 2 atom stereocenters. The molecule has 0 spiro atoms. The molecule has 0 aromatic heterocycles. The van der Waals surface area contributed by atoms with E-state index in [1.807, 2.05) is 36.4 Å². The summed E-state index contributed by atoms with van der Waals surface area (Å²) in [6.45, 7) is 1.13. The second kappa shape index (κ2) is 8.36. The Labute approximate surface area is 142 Å². The number of alkyl halides is 2. The first kappa shape index (κ1) is 17.1. The van der Waals surface area contributed by atoms with Gasteiger partial charge in [-0.1, -0.05) is 60.7 Å². The second-order valence-corrected chi connectivity index (χ2v) is 6.28. The van der Waals surface area contributed by atoms with Crippen LogP contribution in [0.3, 0.4) is 0 Å². The summed E-state index contributed by atoms with van der Waals surface area (Å²) in [6.07, 6.45) is -0.639. The summed E-state index contributed by atoms with van der Waals surface area (Å²) in [6, 6.07) is 20.7. The molecule has 0 saturated heterocycles. The maximum Gasteiger partial charge on any atom is 0.261 e. The van der Waals surface area contributed by atoms with Crippen LogP contribution in [-0.2, 0) is 17.8 Å². The van der Waals surface area contributed by atoms with E-state index < -0.39 is 13.0 Å². The maximum atomic E-state index is 12.4. The van der Waals surface area contributed by atoms with Gasteiger partial charge in [0.15, 0.2) is 0 Å². The number of nitrogens with zero attached hydrogens (tertiary/aromatic N) is 1. The third-order valence-electron chi connectivity index (χ3n) is 4.54. The molecule has 0 radical (unpaired) electrons. The molecule has 2 aromatic carbocycles. The molecule has 1 fully saturated rings. The molecule has 0 heterocycles. The zero-order valence-corrected chi connectivity index (χ0v) is 13.7. The van der Waals surface area contributed by atoms with Crippen molar-refractivity contribution >= 4 is 0 Å². The molecule has 1 saturated carbocycles. The zero-order valence-electron chi connectivity index (χ0n) is 13.7. The Balaban J connectivity index is 1.69. The minimum absolute atomic E-state index is 0.0913. The van der Waals surface area contributed by atoms with Gasteiger partial charge in [0.1, 0.15) is 6.61 Å². The molecule has 0 amide bonds. The van der Waals surface area contributed by atoms with Crippen LogP contribution in [0, 0.1) is 0 Å². The van der Waals surface area contributed by atoms with Crippen molar-refractivity contribution in [2.75, 3.05) is 6.61 Å². The number of rotatable bonds is 8. The third kappa shape index (κ3) is 4.62. The lowest BCUT2D eigenvalue weighted by atomic mass is 9.86. The molecular formula is C20H23F2NO. The molecule has 0 bridgehead atoms. The van der Waals surface area contributed by atoms with Crippen LogP contribution in [0.1, 0.15) is 24.0 Å². The number of hydrogen-bond donors (Lipinski definition) is 0. The van der Waals surface area contributed by atoms with E-state index in [0.29, 0.717) is 0 Å². The van der Waals surface area contributed by atoms with Crippen molar-refractivity contribution in [2.45, 2.75) is 44.5 Å². The van der Waals surface area contributed by atoms with E-state index in [4.69, 9.17) is 4.74 Å². The first-order valence-corrected chi connectivity index (χ1v) is 8.44. The maximum absolute atomic E-state index is 12.4. The number of hydrogen-bond acceptors (Lipinski definition) is 2. The van der Waals surface area contributed by atoms with Crippen molar-refractivity contribution in [3.8, 4) is 0 Å². The molecule has 0 unspecified atom stereocenters. The average Bonchev–Trinajstić information content (AvgIpc) is 2.55. The predicted molar refractivity (Wildman–Crippen MR) is 90.9 cm³/mol. The van der Waals surface area contributed by atoms with Crippen LogP contribution < -0.4 is 0 Å². The Morgan fingerprint density at radius 2 is 1.42 bits per heavy atom. The number of halogens is 2. The van der Waals surface area contributed by atoms with Gasteiger partial charge >= 0.3 is 0 Å². The fraction of sp³-hybridized carbons (Fsp3) is 0.400. The third-order valence-corrected chi connectivity index (χ3v) is 4.54. The highest BCUT2D eigenvalue weighted by Crippen LogP contribution is 2.31. The summed E-state index contributed by atoms with van der Waals surface area (Å²) in [5, 5.41) is 0. The van der Waals surface area contributed by atoms with Gasteiger partial charge in [0, 0.05) is 19.1 Å². The van der Waals surface area contributed by atoms with Gasteiger partial charge in [-0.15, -0.1) is 0 Å². The molecule has 1 aliphatic rings. The van der Waals surface area contributed by atoms with E-state index in [2.05, 4.69) is 29.2 Å². The van der Waals surface area contributed by atoms with Gasteiger partial charge in [-0.2, -0.15) is 0 Å². The van der Waals surface area contributed by atoms with Crippen molar-refractivity contribution in [2.24, 2.45) is 0 Å². The van der Waals surface area contributed by atoms with E-state index in [9.17, 15) is 8.78 Å². The lowest BCUT2D eigenvalue weighted by Gasteiger charge is -2.44. The van der Waals surface area contributed by atoms with Gasteiger partial charge in [0.25, 0.3) is 6.43 Å². The largest absolute Gasteiger partial charge is 0.371 e. The monoisotopic (exact) mass is 331 g/mol. The summed E-state index contributed by atoms with van der Waals surface area (Å²) >= 11 is 0. The number of ether oxygens (including phenoxy) is 1. The minimum atomic E-state index is -2.40. The van der Waals surface area contributed by atoms with Crippen LogP contribution >= 0.6 is 0 Å². The van der Waals surface area contributed by atoms with Gasteiger partial charge in [-0.05, 0) is 24.0 Å². The molecular weight excluding hydrogens is 308 g/mol. The van der Waals surface area contributed by atoms with E-state index in [1.165, 1.54) is 11.1 Å². The Morgan fingerprint density at radius 3 is 1.83 bits per heavy atom. The summed E-state index contributed by atoms with van der Waals surface area (Å²) < 4.78 is 30.3. The summed E-state index contributed by atoms with van der Waals surface area (Å²) in [5.41, 5.74) is 2.46. The molecule has 4 heteroatoms. The molecule has 2 aromatic rings. The van der Waals surface area contributed by atoms with Gasteiger partial charge in [-0.25, -0.2) is 8.78 Å². The highest BCUT2D eigenvalue weighted by Gasteiger charge is 2.36. The fourth-order valence-electron chi connectivity index (χ4n) is 3.19. The summed E-state index contributed by atoms with van der Waals surface area (Å²) in [5.74, 6) is 0. The van der Waals surface area contributed by atoms with Crippen LogP contribution in [0.15, 0.2) is 60.7 Å². The van der Waals surface area contributed by atoms with Gasteiger partial charge < -0.3 is 4.74 Å². The van der Waals surface area contributed by atoms with Crippen LogP contribution in [-0.4, -0.2) is 30.1 Å². The van der Waals surface area contributed by atoms with Crippen molar-refractivity contribution in [1.82, 2.24) is 4.90 Å². The fourth-order valence-corrected chi connectivity index (χ4v) is 3.19. The Bertz CT molecular complexity index is 564. The molecule has 1 aliphatic carbocycles. The lowest BCUT2D eigenvalue weighted by Crippen LogP contribution is -2.51. The SMILES string of the molecule is FC(F)CO[C@@H]1CC[C@@H]1N(Cc1ccccc1)Cc1ccccc1. The van der Waals surface area contributed by atoms with E-state index in [-0.39, 0.29) is 12.1 Å². The topological polar surface area (TPSA) is 12.5 Å². The van der Waals surface area contributed by atoms with Crippen LogP contribution in [0.2, 0.25) is 0 Å². The van der Waals surface area contributed by atoms with Crippen molar-refractivity contribution in [3.63, 3.8) is 0 Å².